The van der Waals surface area contributed by atoms with Gasteiger partial charge in [-0.15, -0.1) is 0 Å². The summed E-state index contributed by atoms with van der Waals surface area (Å²) in [5.41, 5.74) is 7.76. The molecule has 4 unspecified atom stereocenters. The normalized spacial score (nSPS) is 20.0. The summed E-state index contributed by atoms with van der Waals surface area (Å²) in [7, 11) is 1.60. The number of anilines is 1. The maximum Gasteiger partial charge on any atom is 0.410 e. The number of benzene rings is 2. The van der Waals surface area contributed by atoms with Crippen LogP contribution in [0, 0.1) is 17.8 Å². The monoisotopic (exact) mass is 526 g/mol. The topological polar surface area (TPSA) is 83.2 Å². The summed E-state index contributed by atoms with van der Waals surface area (Å²) >= 11 is 0. The Hall–Kier alpha value is -3.09. The molecule has 210 valence electrons. The van der Waals surface area contributed by atoms with Gasteiger partial charge >= 0.3 is 6.09 Å². The average molecular weight is 527 g/mol. The average Bonchev–Trinajstić information content (AvgIpc) is 2.87. The maximum atomic E-state index is 13.7. The Bertz CT molecular complexity index is 1030. The van der Waals surface area contributed by atoms with Crippen LogP contribution in [0.2, 0.25) is 0 Å². The number of carbonyl (C=O) groups excluding carboxylic acids is 1. The summed E-state index contributed by atoms with van der Waals surface area (Å²) < 4.78 is 23.3. The minimum Gasteiger partial charge on any atom is -0.495 e. The third-order valence-electron chi connectivity index (χ3n) is 7.54. The van der Waals surface area contributed by atoms with Gasteiger partial charge in [-0.05, 0) is 80.7 Å². The van der Waals surface area contributed by atoms with Crippen LogP contribution in [-0.2, 0) is 11.2 Å². The van der Waals surface area contributed by atoms with Crippen molar-refractivity contribution in [1.82, 2.24) is 4.90 Å². The van der Waals surface area contributed by atoms with Gasteiger partial charge in [0.15, 0.2) is 11.5 Å². The van der Waals surface area contributed by atoms with Gasteiger partial charge in [0.25, 0.3) is 0 Å². The van der Waals surface area contributed by atoms with Crippen molar-refractivity contribution < 1.29 is 23.7 Å². The molecule has 0 heterocycles. The van der Waals surface area contributed by atoms with Gasteiger partial charge in [-0.3, -0.25) is 0 Å². The van der Waals surface area contributed by atoms with E-state index in [1.165, 1.54) is 6.42 Å². The van der Waals surface area contributed by atoms with Gasteiger partial charge in [0, 0.05) is 6.04 Å². The highest BCUT2D eigenvalue weighted by molar-refractivity contribution is 5.68. The lowest BCUT2D eigenvalue weighted by atomic mass is 9.75. The molecule has 1 aliphatic rings. The highest BCUT2D eigenvalue weighted by Gasteiger charge is 2.35. The molecule has 38 heavy (non-hydrogen) atoms. The van der Waals surface area contributed by atoms with Crippen LogP contribution in [0.15, 0.2) is 42.5 Å². The Balaban J connectivity index is 1.75. The summed E-state index contributed by atoms with van der Waals surface area (Å²) in [6, 6.07) is 13.2. The summed E-state index contributed by atoms with van der Waals surface area (Å²) in [5, 5.41) is 0. The molecule has 0 bridgehead atoms. The van der Waals surface area contributed by atoms with Crippen molar-refractivity contribution in [1.29, 1.82) is 0 Å². The Morgan fingerprint density at radius 1 is 1.05 bits per heavy atom. The first-order valence-electron chi connectivity index (χ1n) is 14.0. The lowest BCUT2D eigenvalue weighted by molar-refractivity contribution is -0.0160. The van der Waals surface area contributed by atoms with Crippen molar-refractivity contribution in [2.24, 2.45) is 17.8 Å². The molecule has 0 aromatic heterocycles. The van der Waals surface area contributed by atoms with Gasteiger partial charge < -0.3 is 29.6 Å². The van der Waals surface area contributed by atoms with E-state index in [9.17, 15) is 4.79 Å². The molecule has 0 aliphatic heterocycles. The van der Waals surface area contributed by atoms with Gasteiger partial charge in [0.05, 0.1) is 25.9 Å². The van der Waals surface area contributed by atoms with E-state index < -0.39 is 0 Å². The van der Waals surface area contributed by atoms with Gasteiger partial charge in [-0.1, -0.05) is 45.4 Å². The summed E-state index contributed by atoms with van der Waals surface area (Å²) in [5.74, 6) is 3.40. The third-order valence-corrected chi connectivity index (χ3v) is 7.54. The zero-order chi connectivity index (χ0) is 27.7. The second kappa shape index (κ2) is 14.2. The van der Waals surface area contributed by atoms with Crippen LogP contribution in [0.3, 0.4) is 0 Å². The second-order valence-corrected chi connectivity index (χ2v) is 10.8. The summed E-state index contributed by atoms with van der Waals surface area (Å²) in [6.45, 7) is 11.9. The van der Waals surface area contributed by atoms with Crippen molar-refractivity contribution in [2.75, 3.05) is 32.6 Å². The molecule has 2 aromatic rings. The van der Waals surface area contributed by atoms with Crippen LogP contribution < -0.4 is 19.9 Å². The summed E-state index contributed by atoms with van der Waals surface area (Å²) in [6.07, 6.45) is 3.46. The molecular formula is C31H46N2O5. The van der Waals surface area contributed by atoms with Gasteiger partial charge in [0.1, 0.15) is 18.5 Å². The molecule has 2 N–H and O–H groups in total. The molecule has 1 saturated carbocycles. The Morgan fingerprint density at radius 2 is 1.76 bits per heavy atom. The van der Waals surface area contributed by atoms with Crippen LogP contribution >= 0.6 is 0 Å². The Morgan fingerprint density at radius 3 is 2.39 bits per heavy atom. The van der Waals surface area contributed by atoms with Gasteiger partial charge in [-0.25, -0.2) is 4.79 Å². The molecule has 1 amide bonds. The zero-order valence-corrected chi connectivity index (χ0v) is 23.9. The first-order valence-corrected chi connectivity index (χ1v) is 14.0. The number of nitrogens with two attached hydrogens (primary N) is 1. The van der Waals surface area contributed by atoms with Crippen LogP contribution in [0.5, 0.6) is 17.2 Å². The number of para-hydroxylation sites is 2. The predicted molar refractivity (Wildman–Crippen MR) is 152 cm³/mol. The number of ether oxygens (including phenoxy) is 4. The first kappa shape index (κ1) is 29.5. The van der Waals surface area contributed by atoms with Crippen LogP contribution in [-0.4, -0.2) is 50.0 Å². The molecule has 7 nitrogen and oxygen atoms in total. The molecule has 0 radical (unpaired) electrons. The number of nitrogens with zero attached hydrogens (tertiary/aromatic N) is 1. The van der Waals surface area contributed by atoms with E-state index in [1.807, 2.05) is 56.3 Å². The molecular weight excluding hydrogens is 480 g/mol. The van der Waals surface area contributed by atoms with E-state index >= 15 is 0 Å². The molecule has 0 spiro atoms. The number of rotatable bonds is 12. The van der Waals surface area contributed by atoms with Crippen LogP contribution in [0.4, 0.5) is 10.5 Å². The van der Waals surface area contributed by atoms with E-state index in [1.54, 1.807) is 12.0 Å². The lowest BCUT2D eigenvalue weighted by Gasteiger charge is -2.38. The fourth-order valence-corrected chi connectivity index (χ4v) is 5.40. The fourth-order valence-electron chi connectivity index (χ4n) is 5.40. The molecule has 2 aromatic carbocycles. The molecule has 1 aliphatic carbocycles. The number of nitrogen functional groups attached to an aromatic ring is 1. The highest BCUT2D eigenvalue weighted by Crippen LogP contribution is 2.36. The predicted octanol–water partition coefficient (Wildman–Crippen LogP) is 6.59. The van der Waals surface area contributed by atoms with E-state index in [0.29, 0.717) is 66.9 Å². The SMILES string of the molecule is CCOc1ccccc1OCCN(C(=O)OC1CC(C)CCC1C(C)C)C(C)Cc1ccc(OC)c(N)c1. The number of carbonyl (C=O) groups is 1. The largest absolute Gasteiger partial charge is 0.495 e. The van der Waals surface area contributed by atoms with Crippen LogP contribution in [0.25, 0.3) is 0 Å². The lowest BCUT2D eigenvalue weighted by Crippen LogP contribution is -2.46. The number of hydrogen-bond donors (Lipinski definition) is 1. The minimum absolute atomic E-state index is 0.0721. The van der Waals surface area contributed by atoms with E-state index in [4.69, 9.17) is 24.7 Å². The molecule has 7 heteroatoms. The van der Waals surface area contributed by atoms with E-state index in [0.717, 1.165) is 18.4 Å². The molecule has 4 atom stereocenters. The van der Waals surface area contributed by atoms with Crippen molar-refractivity contribution >= 4 is 11.8 Å². The zero-order valence-electron chi connectivity index (χ0n) is 23.9. The van der Waals surface area contributed by atoms with Crippen molar-refractivity contribution in [2.45, 2.75) is 72.4 Å². The standard InChI is InChI=1S/C31H46N2O5/c1-7-36-28-10-8-9-11-29(28)37-17-16-33(23(5)19-24-13-15-27(35-6)26(32)20-24)31(34)38-30-18-22(4)12-14-25(30)21(2)3/h8-11,13,15,20-23,25,30H,7,12,14,16-19,32H2,1-6H3. The highest BCUT2D eigenvalue weighted by atomic mass is 16.6. The van der Waals surface area contributed by atoms with Crippen molar-refractivity contribution in [3.63, 3.8) is 0 Å². The Kier molecular flexibility index (Phi) is 11.0. The smallest absolute Gasteiger partial charge is 0.410 e. The third kappa shape index (κ3) is 7.95. The van der Waals surface area contributed by atoms with Crippen LogP contribution in [0.1, 0.15) is 59.4 Å². The molecule has 3 rings (SSSR count). The molecule has 0 saturated heterocycles. The van der Waals surface area contributed by atoms with E-state index in [2.05, 4.69) is 20.8 Å². The second-order valence-electron chi connectivity index (χ2n) is 10.8. The van der Waals surface area contributed by atoms with E-state index in [-0.39, 0.29) is 18.2 Å². The fraction of sp³-hybridized carbons (Fsp3) is 0.581. The first-order chi connectivity index (χ1) is 18.2. The minimum atomic E-state index is -0.287. The number of amides is 1. The van der Waals surface area contributed by atoms with Crippen molar-refractivity contribution in [3.8, 4) is 17.2 Å². The van der Waals surface area contributed by atoms with Crippen molar-refractivity contribution in [3.05, 3.63) is 48.0 Å². The summed E-state index contributed by atoms with van der Waals surface area (Å²) in [4.78, 5) is 15.5. The number of methoxy groups -OCH3 is 1. The quantitative estimate of drug-likeness (QED) is 0.314. The maximum absolute atomic E-state index is 13.7. The number of hydrogen-bond acceptors (Lipinski definition) is 6. The van der Waals surface area contributed by atoms with Gasteiger partial charge in [-0.2, -0.15) is 0 Å². The Labute approximate surface area is 228 Å². The molecule has 1 fully saturated rings. The van der Waals surface area contributed by atoms with Gasteiger partial charge in [0.2, 0.25) is 0 Å².